The zero-order valence-corrected chi connectivity index (χ0v) is 12.8. The smallest absolute Gasteiger partial charge is 0.156 e. The number of Topliss-reactive ketones (excluding diaryl/α,β-unsaturated/α-hetero) is 1. The molecule has 1 aromatic carbocycles. The van der Waals surface area contributed by atoms with Crippen molar-refractivity contribution in [1.82, 2.24) is 0 Å². The summed E-state index contributed by atoms with van der Waals surface area (Å²) in [7, 11) is -3.05. The van der Waals surface area contributed by atoms with Crippen LogP contribution >= 0.6 is 0 Å². The van der Waals surface area contributed by atoms with E-state index in [9.17, 15) is 17.6 Å². The van der Waals surface area contributed by atoms with Gasteiger partial charge in [-0.1, -0.05) is 6.07 Å². The molecule has 2 heterocycles. The highest BCUT2D eigenvalue weighted by Gasteiger charge is 2.48. The maximum Gasteiger partial charge on any atom is 0.156 e. The molecule has 2 saturated heterocycles. The van der Waals surface area contributed by atoms with Crippen LogP contribution in [0, 0.1) is 23.1 Å². The Morgan fingerprint density at radius 1 is 1.27 bits per heavy atom. The van der Waals surface area contributed by atoms with Crippen LogP contribution in [0.2, 0.25) is 0 Å². The van der Waals surface area contributed by atoms with E-state index in [-0.39, 0.29) is 29.2 Å². The van der Waals surface area contributed by atoms with Crippen molar-refractivity contribution >= 4 is 15.6 Å². The molecule has 2 aliphatic heterocycles. The van der Waals surface area contributed by atoms with Crippen LogP contribution < -0.4 is 0 Å². The summed E-state index contributed by atoms with van der Waals surface area (Å²) in [5.41, 5.74) is 0.486. The van der Waals surface area contributed by atoms with Gasteiger partial charge in [-0.25, -0.2) is 12.8 Å². The summed E-state index contributed by atoms with van der Waals surface area (Å²) >= 11 is 0. The Bertz CT molecular complexity index is 746. The second-order valence-corrected chi connectivity index (χ2v) is 8.65. The monoisotopic (exact) mass is 321 g/mol. The summed E-state index contributed by atoms with van der Waals surface area (Å²) in [5, 5.41) is 7.92. The van der Waals surface area contributed by atoms with Gasteiger partial charge in [-0.3, -0.25) is 4.79 Å². The van der Waals surface area contributed by atoms with E-state index in [1.54, 1.807) is 0 Å². The van der Waals surface area contributed by atoms with Gasteiger partial charge in [-0.2, -0.15) is 5.26 Å². The fourth-order valence-electron chi connectivity index (χ4n) is 3.56. The van der Waals surface area contributed by atoms with E-state index in [4.69, 9.17) is 5.26 Å². The van der Waals surface area contributed by atoms with Gasteiger partial charge < -0.3 is 0 Å². The van der Waals surface area contributed by atoms with Crippen LogP contribution in [0.15, 0.2) is 18.2 Å². The Kier molecular flexibility index (Phi) is 3.77. The number of halogens is 1. The van der Waals surface area contributed by atoms with E-state index in [1.165, 1.54) is 12.1 Å². The summed E-state index contributed by atoms with van der Waals surface area (Å²) in [6.45, 7) is 0. The van der Waals surface area contributed by atoms with Crippen molar-refractivity contribution in [3.05, 3.63) is 35.1 Å². The van der Waals surface area contributed by atoms with Crippen LogP contribution in [0.4, 0.5) is 4.39 Å². The quantitative estimate of drug-likeness (QED) is 0.855. The number of carbonyl (C=O) groups excluding carboxylic acids is 1. The van der Waals surface area contributed by atoms with E-state index >= 15 is 0 Å². The van der Waals surface area contributed by atoms with Crippen molar-refractivity contribution in [1.29, 1.82) is 5.26 Å². The first-order valence-electron chi connectivity index (χ1n) is 7.35. The Morgan fingerprint density at radius 2 is 1.91 bits per heavy atom. The van der Waals surface area contributed by atoms with Crippen molar-refractivity contribution in [3.8, 4) is 6.07 Å². The maximum atomic E-state index is 13.9. The van der Waals surface area contributed by atoms with E-state index in [1.807, 2.05) is 6.07 Å². The number of hydrogen-bond acceptors (Lipinski definition) is 4. The molecule has 6 heteroatoms. The number of benzene rings is 1. The molecule has 22 heavy (non-hydrogen) atoms. The number of nitrogens with zero attached hydrogens (tertiary/aromatic N) is 1. The van der Waals surface area contributed by atoms with Gasteiger partial charge >= 0.3 is 0 Å². The number of carbonyl (C=O) groups is 1. The van der Waals surface area contributed by atoms with Crippen molar-refractivity contribution in [3.63, 3.8) is 0 Å². The molecular formula is C16H16FNO3S. The number of rotatable bonds is 3. The molecule has 2 unspecified atom stereocenters. The molecule has 116 valence electrons. The lowest BCUT2D eigenvalue weighted by Gasteiger charge is -2.27. The molecular weight excluding hydrogens is 305 g/mol. The molecule has 0 aromatic heterocycles. The minimum atomic E-state index is -3.05. The lowest BCUT2D eigenvalue weighted by molar-refractivity contribution is -0.122. The molecule has 0 spiro atoms. The first-order valence-corrected chi connectivity index (χ1v) is 8.96. The summed E-state index contributed by atoms with van der Waals surface area (Å²) < 4.78 is 37.9. The van der Waals surface area contributed by atoms with Gasteiger partial charge in [0.25, 0.3) is 0 Å². The molecule has 0 radical (unpaired) electrons. The fraction of sp³-hybridized carbons (Fsp3) is 0.500. The van der Waals surface area contributed by atoms with Crippen LogP contribution in [-0.2, 0) is 21.1 Å². The average molecular weight is 321 g/mol. The number of fused-ring (bicyclic) bond motifs is 2. The van der Waals surface area contributed by atoms with E-state index < -0.39 is 26.2 Å². The zero-order chi connectivity index (χ0) is 15.9. The highest BCUT2D eigenvalue weighted by Crippen LogP contribution is 2.41. The largest absolute Gasteiger partial charge is 0.299 e. The average Bonchev–Trinajstić information content (AvgIpc) is 2.69. The number of hydrogen-bond donors (Lipinski definition) is 0. The standard InChI is InChI=1S/C16H16FNO3S/c17-15-5-10(9-18)1-2-11(15)8-16(19)12-6-13-3-4-14(7-12)22(13,20)21/h1-2,5,12-14H,3-4,6-8H2. The van der Waals surface area contributed by atoms with Crippen molar-refractivity contribution in [2.24, 2.45) is 5.92 Å². The van der Waals surface area contributed by atoms with Crippen molar-refractivity contribution in [2.45, 2.75) is 42.6 Å². The topological polar surface area (TPSA) is 75.0 Å². The third-order valence-electron chi connectivity index (χ3n) is 4.84. The lowest BCUT2D eigenvalue weighted by atomic mass is 9.90. The van der Waals surface area contributed by atoms with Gasteiger partial charge in [0, 0.05) is 12.3 Å². The van der Waals surface area contributed by atoms with E-state index in [2.05, 4.69) is 0 Å². The highest BCUT2D eigenvalue weighted by atomic mass is 32.2. The van der Waals surface area contributed by atoms with Crippen LogP contribution in [-0.4, -0.2) is 24.7 Å². The molecule has 2 aliphatic rings. The second-order valence-electron chi connectivity index (χ2n) is 6.14. The summed E-state index contributed by atoms with van der Waals surface area (Å²) in [6, 6.07) is 5.92. The minimum absolute atomic E-state index is 0.0400. The molecule has 0 saturated carbocycles. The Morgan fingerprint density at radius 3 is 2.45 bits per heavy atom. The molecule has 0 N–H and O–H groups in total. The third kappa shape index (κ3) is 2.54. The van der Waals surface area contributed by atoms with Crippen LogP contribution in [0.25, 0.3) is 0 Å². The van der Waals surface area contributed by atoms with Gasteiger partial charge in [-0.05, 0) is 43.4 Å². The summed E-state index contributed by atoms with van der Waals surface area (Å²) in [6.07, 6.45) is 1.98. The number of ketones is 1. The van der Waals surface area contributed by atoms with Crippen LogP contribution in [0.3, 0.4) is 0 Å². The van der Waals surface area contributed by atoms with E-state index in [0.717, 1.165) is 6.07 Å². The van der Waals surface area contributed by atoms with Crippen LogP contribution in [0.1, 0.15) is 36.8 Å². The lowest BCUT2D eigenvalue weighted by Crippen LogP contribution is -2.36. The van der Waals surface area contributed by atoms with Crippen molar-refractivity contribution in [2.75, 3.05) is 0 Å². The van der Waals surface area contributed by atoms with Gasteiger partial charge in [0.05, 0.1) is 22.1 Å². The molecule has 3 rings (SSSR count). The minimum Gasteiger partial charge on any atom is -0.299 e. The fourth-order valence-corrected chi connectivity index (χ4v) is 6.04. The molecule has 4 nitrogen and oxygen atoms in total. The zero-order valence-electron chi connectivity index (χ0n) is 12.0. The molecule has 2 bridgehead atoms. The Hall–Kier alpha value is -1.74. The molecule has 1 aromatic rings. The highest BCUT2D eigenvalue weighted by molar-refractivity contribution is 7.93. The molecule has 0 aliphatic carbocycles. The Balaban J connectivity index is 1.73. The summed E-state index contributed by atoms with van der Waals surface area (Å²) in [4.78, 5) is 12.4. The number of sulfone groups is 1. The van der Waals surface area contributed by atoms with Gasteiger partial charge in [0.1, 0.15) is 11.6 Å². The predicted octanol–water partition coefficient (Wildman–Crippen LogP) is 2.16. The molecule has 2 atom stereocenters. The van der Waals surface area contributed by atoms with Crippen LogP contribution in [0.5, 0.6) is 0 Å². The first-order chi connectivity index (χ1) is 10.4. The maximum absolute atomic E-state index is 13.9. The first kappa shape index (κ1) is 15.2. The normalized spacial score (nSPS) is 29.0. The number of nitriles is 1. The van der Waals surface area contributed by atoms with Gasteiger partial charge in [0.2, 0.25) is 0 Å². The van der Waals surface area contributed by atoms with Gasteiger partial charge in [0.15, 0.2) is 9.84 Å². The van der Waals surface area contributed by atoms with Crippen molar-refractivity contribution < 1.29 is 17.6 Å². The summed E-state index contributed by atoms with van der Waals surface area (Å²) in [5.74, 6) is -0.953. The second kappa shape index (κ2) is 5.47. The third-order valence-corrected chi connectivity index (χ3v) is 7.55. The van der Waals surface area contributed by atoms with E-state index in [0.29, 0.717) is 25.7 Å². The predicted molar refractivity (Wildman–Crippen MR) is 78.3 cm³/mol. The van der Waals surface area contributed by atoms with Gasteiger partial charge in [-0.15, -0.1) is 0 Å². The molecule has 2 fully saturated rings. The Labute approximate surface area is 128 Å². The molecule has 0 amide bonds. The SMILES string of the molecule is N#Cc1ccc(CC(=O)C2CC3CCC(C2)S3(=O)=O)c(F)c1.